The van der Waals surface area contributed by atoms with Crippen LogP contribution in [0.15, 0.2) is 46.8 Å². The number of carbonyl (C=O) groups excluding carboxylic acids is 2. The van der Waals surface area contributed by atoms with Gasteiger partial charge in [-0.25, -0.2) is 4.79 Å². The highest BCUT2D eigenvalue weighted by Gasteiger charge is 2.44. The Morgan fingerprint density at radius 1 is 1.13 bits per heavy atom. The van der Waals surface area contributed by atoms with Crippen molar-refractivity contribution in [2.75, 3.05) is 0 Å². The van der Waals surface area contributed by atoms with Crippen LogP contribution in [0, 0.1) is 5.41 Å². The smallest absolute Gasteiger partial charge is 0.337 e. The first-order chi connectivity index (χ1) is 14.3. The van der Waals surface area contributed by atoms with Crippen molar-refractivity contribution < 1.29 is 14.3 Å². The van der Waals surface area contributed by atoms with Gasteiger partial charge in [-0.1, -0.05) is 50.1 Å². The van der Waals surface area contributed by atoms with Gasteiger partial charge in [0.05, 0.1) is 5.57 Å². The average molecular weight is 428 g/mol. The molecule has 0 bridgehead atoms. The summed E-state index contributed by atoms with van der Waals surface area (Å²) in [4.78, 5) is 26.7. The Hall–Kier alpha value is -2.07. The lowest BCUT2D eigenvalue weighted by atomic mass is 9.68. The van der Waals surface area contributed by atoms with Gasteiger partial charge in [0, 0.05) is 34.3 Å². The lowest BCUT2D eigenvalue weighted by Gasteiger charge is -2.40. The maximum absolute atomic E-state index is 13.4. The molecule has 1 aromatic carbocycles. The van der Waals surface area contributed by atoms with E-state index < -0.39 is 5.92 Å². The van der Waals surface area contributed by atoms with E-state index >= 15 is 0 Å². The predicted octanol–water partition coefficient (Wildman–Crippen LogP) is 5.82. The Morgan fingerprint density at radius 3 is 2.53 bits per heavy atom. The number of hydrogen-bond acceptors (Lipinski definition) is 4. The number of dihydropyridines is 1. The molecule has 160 valence electrons. The average Bonchev–Trinajstić information content (AvgIpc) is 2.67. The largest absolute Gasteiger partial charge is 0.459 e. The Kier molecular flexibility index (Phi) is 5.80. The van der Waals surface area contributed by atoms with E-state index in [0.29, 0.717) is 22.6 Å². The van der Waals surface area contributed by atoms with Crippen LogP contribution >= 0.6 is 11.6 Å². The van der Waals surface area contributed by atoms with Crippen molar-refractivity contribution in [2.24, 2.45) is 5.41 Å². The standard InChI is InChI=1S/C25H30ClNO3/c1-15-21(24(29)30-16-9-5-4-6-10-16)22(17-11-7-8-12-18(17)26)23-19(27-15)13-25(2,3)14-20(23)28/h7-8,11-12,16,22,27H,4-6,9-10,13-14H2,1-3H3/t22-/m0/s1. The monoisotopic (exact) mass is 427 g/mol. The number of ether oxygens (including phenoxy) is 1. The Balaban J connectivity index is 1.77. The highest BCUT2D eigenvalue weighted by atomic mass is 35.5. The van der Waals surface area contributed by atoms with Crippen molar-refractivity contribution in [3.05, 3.63) is 57.4 Å². The van der Waals surface area contributed by atoms with Crippen molar-refractivity contribution in [1.29, 1.82) is 0 Å². The van der Waals surface area contributed by atoms with E-state index in [2.05, 4.69) is 19.2 Å². The molecule has 2 aliphatic carbocycles. The number of nitrogens with one attached hydrogen (secondary N) is 1. The van der Waals surface area contributed by atoms with Gasteiger partial charge < -0.3 is 10.1 Å². The second-order valence-electron chi connectivity index (χ2n) is 9.62. The minimum atomic E-state index is -0.491. The minimum absolute atomic E-state index is 0.0465. The first-order valence-electron chi connectivity index (χ1n) is 11.0. The molecule has 0 aromatic heterocycles. The van der Waals surface area contributed by atoms with E-state index in [1.807, 2.05) is 31.2 Å². The number of hydrogen-bond donors (Lipinski definition) is 1. The summed E-state index contributed by atoms with van der Waals surface area (Å²) in [5.74, 6) is -0.746. The predicted molar refractivity (Wildman–Crippen MR) is 118 cm³/mol. The topological polar surface area (TPSA) is 55.4 Å². The second-order valence-corrected chi connectivity index (χ2v) is 10.0. The Morgan fingerprint density at radius 2 is 1.83 bits per heavy atom. The minimum Gasteiger partial charge on any atom is -0.459 e. The highest BCUT2D eigenvalue weighted by Crippen LogP contribution is 2.48. The summed E-state index contributed by atoms with van der Waals surface area (Å²) in [7, 11) is 0. The molecule has 3 aliphatic rings. The molecule has 1 heterocycles. The van der Waals surface area contributed by atoms with Crippen LogP contribution in [-0.4, -0.2) is 17.9 Å². The molecular formula is C25H30ClNO3. The van der Waals surface area contributed by atoms with Crippen LogP contribution in [0.3, 0.4) is 0 Å². The summed E-state index contributed by atoms with van der Waals surface area (Å²) in [6.07, 6.45) is 6.35. The van der Waals surface area contributed by atoms with Crippen LogP contribution in [0.25, 0.3) is 0 Å². The van der Waals surface area contributed by atoms with E-state index in [9.17, 15) is 9.59 Å². The van der Waals surface area contributed by atoms with Crippen molar-refractivity contribution in [3.8, 4) is 0 Å². The molecular weight excluding hydrogens is 398 g/mol. The normalized spacial score (nSPS) is 24.4. The number of Topliss-reactive ketones (excluding diaryl/α,β-unsaturated/α-hetero) is 1. The summed E-state index contributed by atoms with van der Waals surface area (Å²) in [6.45, 7) is 6.11. The first kappa shape index (κ1) is 21.2. The quantitative estimate of drug-likeness (QED) is 0.617. The van der Waals surface area contributed by atoms with E-state index in [-0.39, 0.29) is 23.3 Å². The zero-order chi connectivity index (χ0) is 21.5. The number of rotatable bonds is 3. The second kappa shape index (κ2) is 8.22. The molecule has 1 aromatic rings. The molecule has 0 radical (unpaired) electrons. The molecule has 4 rings (SSSR count). The molecule has 0 saturated heterocycles. The summed E-state index contributed by atoms with van der Waals surface area (Å²) in [5.41, 5.74) is 3.52. The third kappa shape index (κ3) is 4.07. The lowest BCUT2D eigenvalue weighted by molar-refractivity contribution is -0.146. The maximum atomic E-state index is 13.4. The molecule has 4 nitrogen and oxygen atoms in total. The summed E-state index contributed by atoms with van der Waals surface area (Å²) >= 11 is 6.57. The fourth-order valence-electron chi connectivity index (χ4n) is 5.12. The van der Waals surface area contributed by atoms with Gasteiger partial charge in [0.2, 0.25) is 0 Å². The molecule has 1 aliphatic heterocycles. The molecule has 1 saturated carbocycles. The Labute approximate surface area is 183 Å². The molecule has 1 N–H and O–H groups in total. The number of carbonyl (C=O) groups is 2. The third-order valence-corrected chi connectivity index (χ3v) is 6.85. The summed E-state index contributed by atoms with van der Waals surface area (Å²) in [6, 6.07) is 7.50. The number of benzene rings is 1. The van der Waals surface area contributed by atoms with Crippen molar-refractivity contribution in [3.63, 3.8) is 0 Å². The van der Waals surface area contributed by atoms with Gasteiger partial charge in [0.25, 0.3) is 0 Å². The van der Waals surface area contributed by atoms with Crippen molar-refractivity contribution in [1.82, 2.24) is 5.32 Å². The number of halogens is 1. The summed E-state index contributed by atoms with van der Waals surface area (Å²) in [5, 5.41) is 3.95. The van der Waals surface area contributed by atoms with Gasteiger partial charge >= 0.3 is 5.97 Å². The SMILES string of the molecule is CC1=C(C(=O)OC2CCCCC2)[C@H](c2ccccc2Cl)C2=C(CC(C)(C)CC2=O)N1. The lowest BCUT2D eigenvalue weighted by Crippen LogP contribution is -2.39. The summed E-state index contributed by atoms with van der Waals surface area (Å²) < 4.78 is 5.93. The van der Waals surface area contributed by atoms with Crippen molar-refractivity contribution >= 4 is 23.4 Å². The molecule has 0 amide bonds. The first-order valence-corrected chi connectivity index (χ1v) is 11.3. The van der Waals surface area contributed by atoms with Crippen LogP contribution in [-0.2, 0) is 14.3 Å². The van der Waals surface area contributed by atoms with Crippen molar-refractivity contribution in [2.45, 2.75) is 77.7 Å². The fraction of sp³-hybridized carbons (Fsp3) is 0.520. The Bertz CT molecular complexity index is 937. The van der Waals surface area contributed by atoms with E-state index in [1.165, 1.54) is 6.42 Å². The fourth-order valence-corrected chi connectivity index (χ4v) is 5.37. The zero-order valence-corrected chi connectivity index (χ0v) is 18.8. The maximum Gasteiger partial charge on any atom is 0.337 e. The molecule has 30 heavy (non-hydrogen) atoms. The van der Waals surface area contributed by atoms with Crippen LogP contribution in [0.4, 0.5) is 0 Å². The van der Waals surface area contributed by atoms with E-state index in [4.69, 9.17) is 16.3 Å². The van der Waals surface area contributed by atoms with Gasteiger partial charge in [-0.3, -0.25) is 4.79 Å². The molecule has 1 atom stereocenters. The van der Waals surface area contributed by atoms with Crippen LogP contribution < -0.4 is 5.32 Å². The number of ketones is 1. The van der Waals surface area contributed by atoms with Gasteiger partial charge in [0.1, 0.15) is 6.10 Å². The van der Waals surface area contributed by atoms with Gasteiger partial charge in [-0.15, -0.1) is 0 Å². The van der Waals surface area contributed by atoms with E-state index in [1.54, 1.807) is 0 Å². The van der Waals surface area contributed by atoms with Crippen LogP contribution in [0.5, 0.6) is 0 Å². The third-order valence-electron chi connectivity index (χ3n) is 6.50. The molecule has 5 heteroatoms. The van der Waals surface area contributed by atoms with E-state index in [0.717, 1.165) is 49.1 Å². The van der Waals surface area contributed by atoms with Gasteiger partial charge in [-0.05, 0) is 56.1 Å². The van der Waals surface area contributed by atoms with Gasteiger partial charge in [-0.2, -0.15) is 0 Å². The van der Waals surface area contributed by atoms with Crippen LogP contribution in [0.2, 0.25) is 5.02 Å². The van der Waals surface area contributed by atoms with Crippen LogP contribution in [0.1, 0.15) is 77.2 Å². The molecule has 0 spiro atoms. The highest BCUT2D eigenvalue weighted by molar-refractivity contribution is 6.31. The number of allylic oxidation sites excluding steroid dienone is 3. The zero-order valence-electron chi connectivity index (χ0n) is 18.0. The molecule has 1 fully saturated rings. The molecule has 0 unspecified atom stereocenters. The number of esters is 1. The van der Waals surface area contributed by atoms with Gasteiger partial charge in [0.15, 0.2) is 5.78 Å².